The van der Waals surface area contributed by atoms with Gasteiger partial charge in [-0.2, -0.15) is 4.98 Å². The van der Waals surface area contributed by atoms with E-state index in [-0.39, 0.29) is 11.7 Å². The highest BCUT2D eigenvalue weighted by Gasteiger charge is 2.28. The molecular formula is C21H25N5O2. The molecule has 28 heavy (non-hydrogen) atoms. The van der Waals surface area contributed by atoms with E-state index in [2.05, 4.69) is 29.1 Å². The van der Waals surface area contributed by atoms with Crippen LogP contribution in [0.15, 0.2) is 47.1 Å². The Morgan fingerprint density at radius 3 is 2.46 bits per heavy atom. The summed E-state index contributed by atoms with van der Waals surface area (Å²) in [6.07, 6.45) is 3.52. The summed E-state index contributed by atoms with van der Waals surface area (Å²) in [5, 5.41) is 4.54. The zero-order chi connectivity index (χ0) is 19.7. The zero-order valence-corrected chi connectivity index (χ0v) is 16.5. The Balaban J connectivity index is 1.64. The van der Waals surface area contributed by atoms with E-state index in [1.807, 2.05) is 42.2 Å². The third-order valence-electron chi connectivity index (χ3n) is 5.30. The van der Waals surface area contributed by atoms with Crippen molar-refractivity contribution in [2.75, 3.05) is 27.2 Å². The predicted octanol–water partition coefficient (Wildman–Crippen LogP) is 3.00. The van der Waals surface area contributed by atoms with Crippen LogP contribution < -0.4 is 0 Å². The maximum absolute atomic E-state index is 13.0. The molecule has 1 saturated heterocycles. The van der Waals surface area contributed by atoms with Gasteiger partial charge in [0.1, 0.15) is 0 Å². The zero-order valence-electron chi connectivity index (χ0n) is 16.5. The largest absolute Gasteiger partial charge is 0.461 e. The summed E-state index contributed by atoms with van der Waals surface area (Å²) in [4.78, 5) is 21.6. The number of carbonyl (C=O) groups excluding carboxylic acids is 1. The average Bonchev–Trinajstić information content (AvgIpc) is 3.38. The minimum Gasteiger partial charge on any atom is -0.461 e. The highest BCUT2D eigenvalue weighted by Crippen LogP contribution is 2.23. The van der Waals surface area contributed by atoms with Gasteiger partial charge in [-0.1, -0.05) is 17.7 Å². The molecule has 0 unspecified atom stereocenters. The molecule has 1 fully saturated rings. The molecule has 3 aromatic rings. The van der Waals surface area contributed by atoms with Gasteiger partial charge in [0.15, 0.2) is 11.6 Å². The standard InChI is InChI=1S/C21H25N5O2/c1-15-6-8-17(9-7-15)26-20(18-5-4-14-28-18)22-19(23-26)21(27)25-12-10-16(11-13-25)24(2)3/h4-9,14,16H,10-13H2,1-3H3. The van der Waals surface area contributed by atoms with Crippen molar-refractivity contribution in [1.29, 1.82) is 0 Å². The second-order valence-corrected chi connectivity index (χ2v) is 7.47. The Kier molecular flexibility index (Phi) is 5.00. The number of nitrogens with zero attached hydrogens (tertiary/aromatic N) is 5. The Labute approximate surface area is 164 Å². The molecule has 1 aromatic carbocycles. The fourth-order valence-corrected chi connectivity index (χ4v) is 3.56. The summed E-state index contributed by atoms with van der Waals surface area (Å²) in [6.45, 7) is 3.47. The lowest BCUT2D eigenvalue weighted by molar-refractivity contribution is 0.0651. The number of rotatable bonds is 4. The number of piperidine rings is 1. The number of aromatic nitrogens is 3. The van der Waals surface area contributed by atoms with Crippen molar-refractivity contribution in [3.63, 3.8) is 0 Å². The number of amides is 1. The quantitative estimate of drug-likeness (QED) is 0.697. The van der Waals surface area contributed by atoms with Crippen LogP contribution in [0.1, 0.15) is 29.0 Å². The van der Waals surface area contributed by atoms with Crippen LogP contribution in [0.25, 0.3) is 17.3 Å². The van der Waals surface area contributed by atoms with Crippen LogP contribution in [0.5, 0.6) is 0 Å². The Morgan fingerprint density at radius 2 is 1.86 bits per heavy atom. The fraction of sp³-hybridized carbons (Fsp3) is 0.381. The molecule has 7 heteroatoms. The second-order valence-electron chi connectivity index (χ2n) is 7.47. The SMILES string of the molecule is Cc1ccc(-n2nc(C(=O)N3CCC(N(C)C)CC3)nc2-c2ccco2)cc1. The van der Waals surface area contributed by atoms with Crippen molar-refractivity contribution in [2.45, 2.75) is 25.8 Å². The summed E-state index contributed by atoms with van der Waals surface area (Å²) in [6, 6.07) is 12.1. The van der Waals surface area contributed by atoms with Gasteiger partial charge in [-0.05, 0) is 58.1 Å². The van der Waals surface area contributed by atoms with Crippen molar-refractivity contribution in [3.05, 3.63) is 54.0 Å². The molecule has 0 aliphatic carbocycles. The van der Waals surface area contributed by atoms with Gasteiger partial charge in [-0.15, -0.1) is 5.10 Å². The molecule has 0 spiro atoms. The summed E-state index contributed by atoms with van der Waals surface area (Å²) >= 11 is 0. The predicted molar refractivity (Wildman–Crippen MR) is 106 cm³/mol. The maximum Gasteiger partial charge on any atom is 0.293 e. The highest BCUT2D eigenvalue weighted by molar-refractivity contribution is 5.91. The molecular weight excluding hydrogens is 354 g/mol. The van der Waals surface area contributed by atoms with Crippen LogP contribution in [0, 0.1) is 6.92 Å². The van der Waals surface area contributed by atoms with Gasteiger partial charge < -0.3 is 14.2 Å². The number of hydrogen-bond acceptors (Lipinski definition) is 5. The smallest absolute Gasteiger partial charge is 0.293 e. The van der Waals surface area contributed by atoms with Crippen LogP contribution in [-0.4, -0.2) is 63.7 Å². The lowest BCUT2D eigenvalue weighted by Gasteiger charge is -2.34. The first-order chi connectivity index (χ1) is 13.5. The van der Waals surface area contributed by atoms with Crippen molar-refractivity contribution >= 4 is 5.91 Å². The van der Waals surface area contributed by atoms with Crippen LogP contribution in [0.3, 0.4) is 0 Å². The number of likely N-dealkylation sites (tertiary alicyclic amines) is 1. The molecule has 0 bridgehead atoms. The highest BCUT2D eigenvalue weighted by atomic mass is 16.3. The Morgan fingerprint density at radius 1 is 1.14 bits per heavy atom. The van der Waals surface area contributed by atoms with Gasteiger partial charge in [0.25, 0.3) is 5.91 Å². The molecule has 146 valence electrons. The molecule has 0 N–H and O–H groups in total. The third-order valence-corrected chi connectivity index (χ3v) is 5.30. The summed E-state index contributed by atoms with van der Waals surface area (Å²) in [5.41, 5.74) is 2.00. The third kappa shape index (κ3) is 3.57. The lowest BCUT2D eigenvalue weighted by Crippen LogP contribution is -2.44. The van der Waals surface area contributed by atoms with Crippen molar-refractivity contribution in [2.24, 2.45) is 0 Å². The first-order valence-electron chi connectivity index (χ1n) is 9.56. The average molecular weight is 379 g/mol. The monoisotopic (exact) mass is 379 g/mol. The van der Waals surface area contributed by atoms with E-state index < -0.39 is 0 Å². The van der Waals surface area contributed by atoms with Gasteiger partial charge in [-0.25, -0.2) is 4.68 Å². The molecule has 0 saturated carbocycles. The first-order valence-corrected chi connectivity index (χ1v) is 9.56. The minimum absolute atomic E-state index is 0.129. The van der Waals surface area contributed by atoms with E-state index in [0.717, 1.165) is 37.2 Å². The Hall–Kier alpha value is -2.93. The number of aryl methyl sites for hydroxylation is 1. The van der Waals surface area contributed by atoms with Crippen LogP contribution >= 0.6 is 0 Å². The van der Waals surface area contributed by atoms with Gasteiger partial charge in [0.05, 0.1) is 12.0 Å². The number of furan rings is 1. The molecule has 3 heterocycles. The van der Waals surface area contributed by atoms with Crippen molar-refractivity contribution in [1.82, 2.24) is 24.6 Å². The number of carbonyl (C=O) groups is 1. The van der Waals surface area contributed by atoms with Crippen LogP contribution in [0.4, 0.5) is 0 Å². The molecule has 1 amide bonds. The van der Waals surface area contributed by atoms with Crippen molar-refractivity contribution in [3.8, 4) is 17.3 Å². The normalized spacial score (nSPS) is 15.4. The molecule has 7 nitrogen and oxygen atoms in total. The molecule has 4 rings (SSSR count). The lowest BCUT2D eigenvalue weighted by atomic mass is 10.0. The van der Waals surface area contributed by atoms with Gasteiger partial charge in [0, 0.05) is 19.1 Å². The van der Waals surface area contributed by atoms with Gasteiger partial charge >= 0.3 is 0 Å². The van der Waals surface area contributed by atoms with E-state index >= 15 is 0 Å². The van der Waals surface area contributed by atoms with E-state index in [1.54, 1.807) is 17.0 Å². The summed E-state index contributed by atoms with van der Waals surface area (Å²) in [5.74, 6) is 1.19. The molecule has 1 aliphatic heterocycles. The molecule has 0 radical (unpaired) electrons. The number of benzene rings is 1. The van der Waals surface area contributed by atoms with E-state index in [0.29, 0.717) is 17.6 Å². The first kappa shape index (κ1) is 18.4. The molecule has 0 atom stereocenters. The number of hydrogen-bond donors (Lipinski definition) is 0. The van der Waals surface area contributed by atoms with Crippen molar-refractivity contribution < 1.29 is 9.21 Å². The van der Waals surface area contributed by atoms with Gasteiger partial charge in [0.2, 0.25) is 5.82 Å². The van der Waals surface area contributed by atoms with E-state index in [9.17, 15) is 4.79 Å². The second kappa shape index (κ2) is 7.59. The summed E-state index contributed by atoms with van der Waals surface area (Å²) < 4.78 is 7.21. The Bertz CT molecular complexity index is 936. The maximum atomic E-state index is 13.0. The summed E-state index contributed by atoms with van der Waals surface area (Å²) in [7, 11) is 4.17. The van der Waals surface area contributed by atoms with Gasteiger partial charge in [-0.3, -0.25) is 4.79 Å². The molecule has 2 aromatic heterocycles. The van der Waals surface area contributed by atoms with E-state index in [4.69, 9.17) is 4.42 Å². The fourth-order valence-electron chi connectivity index (χ4n) is 3.56. The van der Waals surface area contributed by atoms with E-state index in [1.165, 1.54) is 0 Å². The molecule has 1 aliphatic rings. The van der Waals surface area contributed by atoms with Crippen LogP contribution in [-0.2, 0) is 0 Å². The topological polar surface area (TPSA) is 67.4 Å². The minimum atomic E-state index is -0.129. The van der Waals surface area contributed by atoms with Crippen LogP contribution in [0.2, 0.25) is 0 Å².